The average molecular weight is 273 g/mol. The van der Waals surface area contributed by atoms with Crippen LogP contribution in [0.15, 0.2) is 30.3 Å². The molecule has 1 heterocycles. The number of ether oxygens (including phenoxy) is 1. The number of hydrogen-bond acceptors (Lipinski definition) is 3. The molecule has 2 rings (SSSR count). The number of para-hydroxylation sites is 1. The van der Waals surface area contributed by atoms with Gasteiger partial charge in [0.25, 0.3) is 0 Å². The Bertz CT molecular complexity index is 534. The lowest BCUT2D eigenvalue weighted by molar-refractivity contribution is 0.298. The van der Waals surface area contributed by atoms with Crippen molar-refractivity contribution in [3.63, 3.8) is 0 Å². The molecule has 0 bridgehead atoms. The number of hydrogen-bond donors (Lipinski definition) is 1. The summed E-state index contributed by atoms with van der Waals surface area (Å²) in [7, 11) is 1.96. The van der Waals surface area contributed by atoms with Gasteiger partial charge in [-0.3, -0.25) is 4.68 Å². The lowest BCUT2D eigenvalue weighted by Crippen LogP contribution is -2.09. The maximum atomic E-state index is 5.70. The Balaban J connectivity index is 1.84. The van der Waals surface area contributed by atoms with E-state index in [4.69, 9.17) is 4.74 Å². The van der Waals surface area contributed by atoms with Crippen molar-refractivity contribution < 1.29 is 4.74 Å². The summed E-state index contributed by atoms with van der Waals surface area (Å²) in [6.45, 7) is 6.67. The molecular formula is C16H23N3O. The van der Waals surface area contributed by atoms with Gasteiger partial charge in [-0.05, 0) is 33.0 Å². The number of rotatable bonds is 7. The highest BCUT2D eigenvalue weighted by molar-refractivity contribution is 5.24. The molecule has 0 spiro atoms. The fourth-order valence-corrected chi connectivity index (χ4v) is 2.31. The Morgan fingerprint density at radius 3 is 2.65 bits per heavy atom. The molecule has 20 heavy (non-hydrogen) atoms. The quantitative estimate of drug-likeness (QED) is 0.788. The zero-order valence-corrected chi connectivity index (χ0v) is 12.5. The van der Waals surface area contributed by atoms with Gasteiger partial charge in [0.1, 0.15) is 5.75 Å². The van der Waals surface area contributed by atoms with Gasteiger partial charge in [-0.2, -0.15) is 5.10 Å². The van der Waals surface area contributed by atoms with E-state index in [1.807, 2.05) is 37.4 Å². The van der Waals surface area contributed by atoms with Crippen LogP contribution in [0.25, 0.3) is 0 Å². The van der Waals surface area contributed by atoms with Gasteiger partial charge in [-0.1, -0.05) is 18.2 Å². The third-order valence-corrected chi connectivity index (χ3v) is 3.41. The van der Waals surface area contributed by atoms with E-state index in [0.717, 1.165) is 31.0 Å². The number of benzene rings is 1. The molecule has 2 aromatic rings. The van der Waals surface area contributed by atoms with E-state index in [9.17, 15) is 0 Å². The van der Waals surface area contributed by atoms with Crippen molar-refractivity contribution in [2.45, 2.75) is 33.4 Å². The Labute approximate surface area is 120 Å². The summed E-state index contributed by atoms with van der Waals surface area (Å²) in [5, 5.41) is 7.78. The Morgan fingerprint density at radius 2 is 1.95 bits per heavy atom. The first-order chi connectivity index (χ1) is 9.72. The monoisotopic (exact) mass is 273 g/mol. The van der Waals surface area contributed by atoms with Gasteiger partial charge in [0, 0.05) is 30.8 Å². The van der Waals surface area contributed by atoms with Crippen LogP contribution in [0.1, 0.15) is 23.4 Å². The van der Waals surface area contributed by atoms with Gasteiger partial charge in [0.15, 0.2) is 0 Å². The van der Waals surface area contributed by atoms with E-state index in [0.29, 0.717) is 6.61 Å². The number of aryl methyl sites for hydroxylation is 2. The lowest BCUT2D eigenvalue weighted by atomic mass is 10.2. The van der Waals surface area contributed by atoms with Crippen LogP contribution >= 0.6 is 0 Å². The molecule has 0 aliphatic heterocycles. The molecule has 4 heteroatoms. The molecule has 0 unspecified atom stereocenters. The van der Waals surface area contributed by atoms with E-state index >= 15 is 0 Å². The van der Waals surface area contributed by atoms with Crippen LogP contribution in [0, 0.1) is 13.8 Å². The topological polar surface area (TPSA) is 39.1 Å². The first kappa shape index (κ1) is 14.6. The van der Waals surface area contributed by atoms with Crippen molar-refractivity contribution in [1.82, 2.24) is 15.1 Å². The van der Waals surface area contributed by atoms with Crippen LogP contribution in [-0.4, -0.2) is 23.4 Å². The number of nitrogens with zero attached hydrogens (tertiary/aromatic N) is 2. The molecule has 0 aliphatic rings. The van der Waals surface area contributed by atoms with Gasteiger partial charge >= 0.3 is 0 Å². The number of nitrogens with one attached hydrogen (secondary N) is 1. The van der Waals surface area contributed by atoms with E-state index in [2.05, 4.69) is 28.9 Å². The molecule has 0 saturated heterocycles. The molecule has 0 saturated carbocycles. The smallest absolute Gasteiger partial charge is 0.119 e. The highest BCUT2D eigenvalue weighted by Crippen LogP contribution is 2.13. The summed E-state index contributed by atoms with van der Waals surface area (Å²) in [6, 6.07) is 9.93. The van der Waals surface area contributed by atoms with Crippen molar-refractivity contribution in [3.05, 3.63) is 47.3 Å². The summed E-state index contributed by atoms with van der Waals surface area (Å²) >= 11 is 0. The van der Waals surface area contributed by atoms with Gasteiger partial charge in [0.05, 0.1) is 12.3 Å². The van der Waals surface area contributed by atoms with Crippen molar-refractivity contribution in [3.8, 4) is 5.75 Å². The highest BCUT2D eigenvalue weighted by atomic mass is 16.5. The van der Waals surface area contributed by atoms with Crippen LogP contribution in [0.2, 0.25) is 0 Å². The fraction of sp³-hybridized carbons (Fsp3) is 0.438. The zero-order chi connectivity index (χ0) is 14.4. The standard InChI is InChI=1S/C16H23N3O/c1-13-16(12-17-3)14(2)19(18-13)10-7-11-20-15-8-5-4-6-9-15/h4-6,8-9,17H,7,10-12H2,1-3H3. The van der Waals surface area contributed by atoms with Crippen LogP contribution in [0.3, 0.4) is 0 Å². The van der Waals surface area contributed by atoms with E-state index in [1.54, 1.807) is 0 Å². The van der Waals surface area contributed by atoms with Crippen molar-refractivity contribution in [2.24, 2.45) is 0 Å². The maximum absolute atomic E-state index is 5.70. The SMILES string of the molecule is CNCc1c(C)nn(CCCOc2ccccc2)c1C. The molecule has 1 N–H and O–H groups in total. The van der Waals surface area contributed by atoms with Crippen molar-refractivity contribution in [2.75, 3.05) is 13.7 Å². The highest BCUT2D eigenvalue weighted by Gasteiger charge is 2.10. The molecule has 0 amide bonds. The summed E-state index contributed by atoms with van der Waals surface area (Å²) in [5.74, 6) is 0.928. The van der Waals surface area contributed by atoms with E-state index in [1.165, 1.54) is 11.3 Å². The molecule has 0 radical (unpaired) electrons. The predicted molar refractivity (Wildman–Crippen MR) is 81.0 cm³/mol. The van der Waals surface area contributed by atoms with Gasteiger partial charge in [0.2, 0.25) is 0 Å². The van der Waals surface area contributed by atoms with Crippen LogP contribution in [0.5, 0.6) is 5.75 Å². The third-order valence-electron chi connectivity index (χ3n) is 3.41. The van der Waals surface area contributed by atoms with E-state index in [-0.39, 0.29) is 0 Å². The van der Waals surface area contributed by atoms with Gasteiger partial charge < -0.3 is 10.1 Å². The van der Waals surface area contributed by atoms with Crippen molar-refractivity contribution >= 4 is 0 Å². The second-order valence-corrected chi connectivity index (χ2v) is 4.92. The molecular weight excluding hydrogens is 250 g/mol. The molecule has 1 aromatic heterocycles. The Hall–Kier alpha value is -1.81. The molecule has 0 fully saturated rings. The van der Waals surface area contributed by atoms with Gasteiger partial charge in [-0.15, -0.1) is 0 Å². The molecule has 1 aromatic carbocycles. The first-order valence-corrected chi connectivity index (χ1v) is 7.07. The summed E-state index contributed by atoms with van der Waals surface area (Å²) < 4.78 is 7.78. The summed E-state index contributed by atoms with van der Waals surface area (Å²) in [5.41, 5.74) is 3.66. The maximum Gasteiger partial charge on any atom is 0.119 e. The minimum atomic E-state index is 0.712. The lowest BCUT2D eigenvalue weighted by Gasteiger charge is -2.07. The number of aromatic nitrogens is 2. The van der Waals surface area contributed by atoms with E-state index < -0.39 is 0 Å². The van der Waals surface area contributed by atoms with Gasteiger partial charge in [-0.25, -0.2) is 0 Å². The summed E-state index contributed by atoms with van der Waals surface area (Å²) in [4.78, 5) is 0. The Morgan fingerprint density at radius 1 is 1.20 bits per heavy atom. The predicted octanol–water partition coefficient (Wildman–Crippen LogP) is 2.69. The molecule has 108 valence electrons. The minimum absolute atomic E-state index is 0.712. The normalized spacial score (nSPS) is 10.8. The van der Waals surface area contributed by atoms with Crippen molar-refractivity contribution in [1.29, 1.82) is 0 Å². The van der Waals surface area contributed by atoms with Crippen LogP contribution in [0.4, 0.5) is 0 Å². The first-order valence-electron chi connectivity index (χ1n) is 7.07. The Kier molecular flexibility index (Phi) is 5.18. The average Bonchev–Trinajstić information content (AvgIpc) is 2.73. The zero-order valence-electron chi connectivity index (χ0n) is 12.5. The van der Waals surface area contributed by atoms with Crippen LogP contribution in [-0.2, 0) is 13.1 Å². The fourth-order valence-electron chi connectivity index (χ4n) is 2.31. The third kappa shape index (κ3) is 3.61. The molecule has 0 atom stereocenters. The largest absolute Gasteiger partial charge is 0.494 e. The summed E-state index contributed by atoms with van der Waals surface area (Å²) in [6.07, 6.45) is 0.954. The second kappa shape index (κ2) is 7.10. The molecule has 4 nitrogen and oxygen atoms in total. The van der Waals surface area contributed by atoms with Crippen LogP contribution < -0.4 is 10.1 Å². The minimum Gasteiger partial charge on any atom is -0.494 e. The second-order valence-electron chi connectivity index (χ2n) is 4.92. The molecule has 0 aliphatic carbocycles.